The Morgan fingerprint density at radius 3 is 2.21 bits per heavy atom. The Hall–Kier alpha value is -2.18. The molecule has 1 N–H and O–H groups in total. The minimum absolute atomic E-state index is 0.118. The molecule has 1 saturated heterocycles. The van der Waals surface area contributed by atoms with E-state index < -0.39 is 10.0 Å². The van der Waals surface area contributed by atoms with Crippen LogP contribution < -0.4 is 5.32 Å². The molecule has 156 valence electrons. The van der Waals surface area contributed by atoms with E-state index in [1.807, 2.05) is 24.3 Å². The minimum atomic E-state index is -3.44. The number of carbonyl (C=O) groups is 1. The Bertz CT molecular complexity index is 916. The van der Waals surface area contributed by atoms with Gasteiger partial charge in [0.05, 0.1) is 11.3 Å². The van der Waals surface area contributed by atoms with Gasteiger partial charge in [-0.05, 0) is 60.6 Å². The van der Waals surface area contributed by atoms with Crippen molar-refractivity contribution in [3.63, 3.8) is 0 Å². The van der Waals surface area contributed by atoms with Crippen LogP contribution in [0.5, 0.6) is 0 Å². The van der Waals surface area contributed by atoms with Gasteiger partial charge in [-0.2, -0.15) is 4.31 Å². The molecule has 2 aromatic rings. The molecule has 6 heteroatoms. The fourth-order valence-corrected chi connectivity index (χ4v) is 5.07. The standard InChI is InChI=1S/C23H30N2O3S/c1-3-18(2)20-9-11-21(12-10-20)24-23(26)17-19-7-13-22(14-8-19)29(27,28)25-15-5-4-6-16-25/h7-14,18H,3-6,15-17H2,1-2H3,(H,24,26)/t18-/m1/s1. The number of amides is 1. The van der Waals surface area contributed by atoms with Crippen LogP contribution >= 0.6 is 0 Å². The summed E-state index contributed by atoms with van der Waals surface area (Å²) in [7, 11) is -3.44. The molecule has 1 heterocycles. The Kier molecular flexibility index (Phi) is 7.09. The predicted octanol–water partition coefficient (Wildman–Crippen LogP) is 4.56. The number of nitrogens with one attached hydrogen (secondary N) is 1. The third-order valence-electron chi connectivity index (χ3n) is 5.62. The minimum Gasteiger partial charge on any atom is -0.326 e. The molecule has 1 fully saturated rings. The quantitative estimate of drug-likeness (QED) is 0.722. The third kappa shape index (κ3) is 5.46. The van der Waals surface area contributed by atoms with Crippen LogP contribution in [0, 0.1) is 0 Å². The lowest BCUT2D eigenvalue weighted by molar-refractivity contribution is -0.115. The number of hydrogen-bond acceptors (Lipinski definition) is 3. The molecule has 1 aliphatic heterocycles. The van der Waals surface area contributed by atoms with Crippen molar-refractivity contribution in [3.05, 3.63) is 59.7 Å². The first-order chi connectivity index (χ1) is 13.9. The van der Waals surface area contributed by atoms with Gasteiger partial charge in [0.2, 0.25) is 15.9 Å². The molecule has 0 saturated carbocycles. The summed E-state index contributed by atoms with van der Waals surface area (Å²) in [5, 5.41) is 2.91. The molecular weight excluding hydrogens is 384 g/mol. The van der Waals surface area contributed by atoms with Gasteiger partial charge in [-0.3, -0.25) is 4.79 Å². The molecule has 2 aromatic carbocycles. The summed E-state index contributed by atoms with van der Waals surface area (Å²) in [6, 6.07) is 14.6. The number of sulfonamides is 1. The highest BCUT2D eigenvalue weighted by molar-refractivity contribution is 7.89. The number of carbonyl (C=O) groups excluding carboxylic acids is 1. The second kappa shape index (κ2) is 9.55. The monoisotopic (exact) mass is 414 g/mol. The van der Waals surface area contributed by atoms with Gasteiger partial charge in [0.1, 0.15) is 0 Å². The van der Waals surface area contributed by atoms with Crippen LogP contribution in [-0.2, 0) is 21.2 Å². The summed E-state index contributed by atoms with van der Waals surface area (Å²) in [6.07, 6.45) is 4.19. The summed E-state index contributed by atoms with van der Waals surface area (Å²) in [6.45, 7) is 5.51. The van der Waals surface area contributed by atoms with Gasteiger partial charge in [-0.15, -0.1) is 0 Å². The van der Waals surface area contributed by atoms with E-state index in [1.54, 1.807) is 28.6 Å². The molecule has 29 heavy (non-hydrogen) atoms. The fraction of sp³-hybridized carbons (Fsp3) is 0.435. The molecule has 0 spiro atoms. The molecule has 1 amide bonds. The maximum absolute atomic E-state index is 12.7. The van der Waals surface area contributed by atoms with Crippen molar-refractivity contribution in [3.8, 4) is 0 Å². The van der Waals surface area contributed by atoms with Gasteiger partial charge >= 0.3 is 0 Å². The SMILES string of the molecule is CC[C@@H](C)c1ccc(NC(=O)Cc2ccc(S(=O)(=O)N3CCCCC3)cc2)cc1. The van der Waals surface area contributed by atoms with Crippen LogP contribution in [-0.4, -0.2) is 31.7 Å². The number of benzene rings is 2. The highest BCUT2D eigenvalue weighted by Crippen LogP contribution is 2.22. The van der Waals surface area contributed by atoms with Crippen LogP contribution in [0.15, 0.2) is 53.4 Å². The van der Waals surface area contributed by atoms with Crippen molar-refractivity contribution in [2.24, 2.45) is 0 Å². The van der Waals surface area contributed by atoms with E-state index in [9.17, 15) is 13.2 Å². The average Bonchev–Trinajstić information content (AvgIpc) is 2.74. The van der Waals surface area contributed by atoms with Gasteiger partial charge in [-0.25, -0.2) is 8.42 Å². The summed E-state index contributed by atoms with van der Waals surface area (Å²) in [4.78, 5) is 12.6. The fourth-order valence-electron chi connectivity index (χ4n) is 3.55. The van der Waals surface area contributed by atoms with Gasteiger partial charge in [0.25, 0.3) is 0 Å². The maximum atomic E-state index is 12.7. The first kappa shape index (κ1) is 21.5. The summed E-state index contributed by atoms with van der Waals surface area (Å²) < 4.78 is 27.0. The molecule has 5 nitrogen and oxygen atoms in total. The van der Waals surface area contributed by atoms with Crippen molar-refractivity contribution in [1.82, 2.24) is 4.31 Å². The normalized spacial score (nSPS) is 16.3. The number of rotatable bonds is 7. The lowest BCUT2D eigenvalue weighted by Gasteiger charge is -2.25. The molecule has 0 bridgehead atoms. The predicted molar refractivity (Wildman–Crippen MR) is 117 cm³/mol. The number of hydrogen-bond donors (Lipinski definition) is 1. The zero-order chi connectivity index (χ0) is 20.9. The highest BCUT2D eigenvalue weighted by Gasteiger charge is 2.25. The zero-order valence-electron chi connectivity index (χ0n) is 17.2. The van der Waals surface area contributed by atoms with E-state index in [2.05, 4.69) is 19.2 Å². The van der Waals surface area contributed by atoms with E-state index in [0.29, 0.717) is 23.9 Å². The largest absolute Gasteiger partial charge is 0.326 e. The van der Waals surface area contributed by atoms with E-state index in [1.165, 1.54) is 5.56 Å². The van der Waals surface area contributed by atoms with Gasteiger partial charge in [-0.1, -0.05) is 44.5 Å². The van der Waals surface area contributed by atoms with Crippen molar-refractivity contribution < 1.29 is 13.2 Å². The van der Waals surface area contributed by atoms with E-state index >= 15 is 0 Å². The molecule has 0 unspecified atom stereocenters. The van der Waals surface area contributed by atoms with Gasteiger partial charge in [0, 0.05) is 18.8 Å². The smallest absolute Gasteiger partial charge is 0.243 e. The van der Waals surface area contributed by atoms with E-state index in [4.69, 9.17) is 0 Å². The molecule has 0 aliphatic carbocycles. The summed E-state index contributed by atoms with van der Waals surface area (Å²) in [5.74, 6) is 0.382. The maximum Gasteiger partial charge on any atom is 0.243 e. The summed E-state index contributed by atoms with van der Waals surface area (Å²) in [5.41, 5.74) is 2.82. The number of piperidine rings is 1. The molecule has 0 radical (unpaired) electrons. The van der Waals surface area contributed by atoms with Crippen LogP contribution in [0.4, 0.5) is 5.69 Å². The molecule has 0 aromatic heterocycles. The second-order valence-electron chi connectivity index (χ2n) is 7.76. The van der Waals surface area contributed by atoms with Gasteiger partial charge in [0.15, 0.2) is 0 Å². The lowest BCUT2D eigenvalue weighted by atomic mass is 9.98. The molecule has 1 atom stereocenters. The van der Waals surface area contributed by atoms with Crippen LogP contribution in [0.3, 0.4) is 0 Å². The number of anilines is 1. The van der Waals surface area contributed by atoms with Crippen molar-refractivity contribution in [2.45, 2.75) is 56.8 Å². The van der Waals surface area contributed by atoms with Crippen molar-refractivity contribution in [1.29, 1.82) is 0 Å². The van der Waals surface area contributed by atoms with Crippen LogP contribution in [0.1, 0.15) is 56.6 Å². The lowest BCUT2D eigenvalue weighted by Crippen LogP contribution is -2.35. The first-order valence-electron chi connectivity index (χ1n) is 10.4. The molecule has 1 aliphatic rings. The molecular formula is C23H30N2O3S. The third-order valence-corrected chi connectivity index (χ3v) is 7.53. The van der Waals surface area contributed by atoms with E-state index in [-0.39, 0.29) is 12.3 Å². The zero-order valence-corrected chi connectivity index (χ0v) is 18.0. The Balaban J connectivity index is 1.60. The van der Waals surface area contributed by atoms with Crippen LogP contribution in [0.2, 0.25) is 0 Å². The first-order valence-corrected chi connectivity index (χ1v) is 11.8. The highest BCUT2D eigenvalue weighted by atomic mass is 32.2. The average molecular weight is 415 g/mol. The van der Waals surface area contributed by atoms with Crippen LogP contribution in [0.25, 0.3) is 0 Å². The van der Waals surface area contributed by atoms with Crippen molar-refractivity contribution in [2.75, 3.05) is 18.4 Å². The Morgan fingerprint density at radius 1 is 1.00 bits per heavy atom. The Labute approximate surface area is 174 Å². The van der Waals surface area contributed by atoms with E-state index in [0.717, 1.165) is 36.9 Å². The molecule has 3 rings (SSSR count). The topological polar surface area (TPSA) is 66.5 Å². The van der Waals surface area contributed by atoms with Gasteiger partial charge < -0.3 is 5.32 Å². The van der Waals surface area contributed by atoms with Crippen molar-refractivity contribution >= 4 is 21.6 Å². The second-order valence-corrected chi connectivity index (χ2v) is 9.70. The Morgan fingerprint density at radius 2 is 1.62 bits per heavy atom. The summed E-state index contributed by atoms with van der Waals surface area (Å²) >= 11 is 0. The number of nitrogens with zero attached hydrogens (tertiary/aromatic N) is 1.